The first-order valence-corrected chi connectivity index (χ1v) is 8.89. The number of piperidine rings is 2. The molecule has 0 aliphatic carbocycles. The second-order valence-electron chi connectivity index (χ2n) is 5.94. The molecule has 2 heterocycles. The molecule has 0 saturated carbocycles. The lowest BCUT2D eigenvalue weighted by Crippen LogP contribution is -2.55. The number of nitrogens with zero attached hydrogens (tertiary/aromatic N) is 2. The molecule has 19 heavy (non-hydrogen) atoms. The standard InChI is InChI=1S/C13H27N3O2S/c1-3-12-10-15(9-7-13(12)14)19(17,18)16-8-5-4-6-11(16)2/h11-13H,3-10,14H2,1-2H3. The Labute approximate surface area is 117 Å². The van der Waals surface area contributed by atoms with Crippen molar-refractivity contribution in [1.82, 2.24) is 8.61 Å². The smallest absolute Gasteiger partial charge is 0.282 e. The van der Waals surface area contributed by atoms with E-state index in [2.05, 4.69) is 6.92 Å². The Morgan fingerprint density at radius 1 is 1.21 bits per heavy atom. The first-order chi connectivity index (χ1) is 8.96. The Kier molecular flexibility index (Phi) is 4.87. The van der Waals surface area contributed by atoms with E-state index in [-0.39, 0.29) is 12.1 Å². The van der Waals surface area contributed by atoms with Crippen LogP contribution >= 0.6 is 0 Å². The molecule has 0 amide bonds. The van der Waals surface area contributed by atoms with E-state index in [0.29, 0.717) is 25.6 Å². The van der Waals surface area contributed by atoms with Crippen LogP contribution in [0.25, 0.3) is 0 Å². The molecule has 0 aromatic heterocycles. The van der Waals surface area contributed by atoms with Crippen LogP contribution in [0.1, 0.15) is 46.0 Å². The van der Waals surface area contributed by atoms with Crippen molar-refractivity contribution in [3.8, 4) is 0 Å². The maximum atomic E-state index is 12.7. The average molecular weight is 289 g/mol. The fourth-order valence-corrected chi connectivity index (χ4v) is 5.15. The third kappa shape index (κ3) is 3.12. The molecular formula is C13H27N3O2S. The Balaban J connectivity index is 2.11. The van der Waals surface area contributed by atoms with Crippen LogP contribution in [0.4, 0.5) is 0 Å². The van der Waals surface area contributed by atoms with Crippen LogP contribution in [-0.2, 0) is 10.2 Å². The van der Waals surface area contributed by atoms with Crippen LogP contribution in [0.2, 0.25) is 0 Å². The highest BCUT2D eigenvalue weighted by Crippen LogP contribution is 2.26. The van der Waals surface area contributed by atoms with Crippen molar-refractivity contribution in [2.45, 2.75) is 58.0 Å². The molecule has 0 aromatic rings. The van der Waals surface area contributed by atoms with Gasteiger partial charge in [-0.1, -0.05) is 19.8 Å². The summed E-state index contributed by atoms with van der Waals surface area (Å²) < 4.78 is 28.8. The Morgan fingerprint density at radius 3 is 2.58 bits per heavy atom. The fraction of sp³-hybridized carbons (Fsp3) is 1.00. The highest BCUT2D eigenvalue weighted by molar-refractivity contribution is 7.86. The summed E-state index contributed by atoms with van der Waals surface area (Å²) in [7, 11) is -3.29. The summed E-state index contributed by atoms with van der Waals surface area (Å²) in [4.78, 5) is 0. The molecule has 0 spiro atoms. The quantitative estimate of drug-likeness (QED) is 0.848. The average Bonchev–Trinajstić information content (AvgIpc) is 2.39. The van der Waals surface area contributed by atoms with Gasteiger partial charge in [0.1, 0.15) is 0 Å². The van der Waals surface area contributed by atoms with Crippen LogP contribution < -0.4 is 5.73 Å². The zero-order chi connectivity index (χ0) is 14.0. The highest BCUT2D eigenvalue weighted by atomic mass is 32.2. The van der Waals surface area contributed by atoms with Gasteiger partial charge in [0.15, 0.2) is 0 Å². The minimum atomic E-state index is -3.29. The monoisotopic (exact) mass is 289 g/mol. The molecule has 112 valence electrons. The summed E-state index contributed by atoms with van der Waals surface area (Å²) in [6.45, 7) is 5.93. The molecule has 0 bridgehead atoms. The van der Waals surface area contributed by atoms with Crippen LogP contribution in [0, 0.1) is 5.92 Å². The van der Waals surface area contributed by atoms with E-state index in [1.165, 1.54) is 0 Å². The number of hydrogen-bond donors (Lipinski definition) is 1. The second kappa shape index (κ2) is 6.08. The maximum absolute atomic E-state index is 12.7. The lowest BCUT2D eigenvalue weighted by atomic mass is 9.92. The number of nitrogens with two attached hydrogens (primary N) is 1. The van der Waals surface area contributed by atoms with Crippen LogP contribution in [0.5, 0.6) is 0 Å². The molecule has 2 aliphatic heterocycles. The first-order valence-electron chi connectivity index (χ1n) is 7.49. The van der Waals surface area contributed by atoms with Crippen LogP contribution in [-0.4, -0.2) is 48.7 Å². The third-order valence-electron chi connectivity index (χ3n) is 4.64. The zero-order valence-corrected chi connectivity index (χ0v) is 12.9. The van der Waals surface area contributed by atoms with E-state index in [0.717, 1.165) is 32.1 Å². The second-order valence-corrected chi connectivity index (χ2v) is 7.82. The van der Waals surface area contributed by atoms with Crippen molar-refractivity contribution < 1.29 is 8.42 Å². The third-order valence-corrected chi connectivity index (χ3v) is 6.76. The van der Waals surface area contributed by atoms with Crippen molar-refractivity contribution in [3.63, 3.8) is 0 Å². The van der Waals surface area contributed by atoms with Gasteiger partial charge >= 0.3 is 0 Å². The largest absolute Gasteiger partial charge is 0.327 e. The van der Waals surface area contributed by atoms with Crippen molar-refractivity contribution in [1.29, 1.82) is 0 Å². The van der Waals surface area contributed by atoms with E-state index in [9.17, 15) is 8.42 Å². The molecule has 3 unspecified atom stereocenters. The molecule has 2 fully saturated rings. The number of hydrogen-bond acceptors (Lipinski definition) is 3. The zero-order valence-electron chi connectivity index (χ0n) is 12.1. The van der Waals surface area contributed by atoms with Gasteiger partial charge in [0.25, 0.3) is 10.2 Å². The molecule has 3 atom stereocenters. The molecule has 5 nitrogen and oxygen atoms in total. The Hall–Kier alpha value is -0.170. The van der Waals surface area contributed by atoms with Gasteiger partial charge < -0.3 is 5.73 Å². The van der Waals surface area contributed by atoms with Crippen LogP contribution in [0.15, 0.2) is 0 Å². The lowest BCUT2D eigenvalue weighted by molar-refractivity contribution is 0.197. The predicted molar refractivity (Wildman–Crippen MR) is 76.9 cm³/mol. The van der Waals surface area contributed by atoms with Gasteiger partial charge in [-0.05, 0) is 32.1 Å². The van der Waals surface area contributed by atoms with Gasteiger partial charge in [-0.15, -0.1) is 0 Å². The molecule has 2 N–H and O–H groups in total. The summed E-state index contributed by atoms with van der Waals surface area (Å²) in [5.74, 6) is 0.295. The molecule has 0 aromatic carbocycles. The van der Waals surface area contributed by atoms with Crippen LogP contribution in [0.3, 0.4) is 0 Å². The fourth-order valence-electron chi connectivity index (χ4n) is 3.22. The lowest BCUT2D eigenvalue weighted by Gasteiger charge is -2.41. The van der Waals surface area contributed by atoms with E-state index >= 15 is 0 Å². The summed E-state index contributed by atoms with van der Waals surface area (Å²) >= 11 is 0. The normalized spacial score (nSPS) is 35.4. The van der Waals surface area contributed by atoms with Gasteiger partial charge in [-0.2, -0.15) is 17.0 Å². The summed E-state index contributed by atoms with van der Waals surface area (Å²) in [5, 5.41) is 0. The Bertz CT molecular complexity index is 399. The minimum absolute atomic E-state index is 0.134. The van der Waals surface area contributed by atoms with Crippen molar-refractivity contribution in [3.05, 3.63) is 0 Å². The summed E-state index contributed by atoms with van der Waals surface area (Å²) in [5.41, 5.74) is 6.07. The topological polar surface area (TPSA) is 66.6 Å². The van der Waals surface area contributed by atoms with Gasteiger partial charge in [-0.3, -0.25) is 0 Å². The molecule has 6 heteroatoms. The molecule has 0 radical (unpaired) electrons. The maximum Gasteiger partial charge on any atom is 0.282 e. The van der Waals surface area contributed by atoms with Gasteiger partial charge in [0, 0.05) is 31.7 Å². The van der Waals surface area contributed by atoms with Gasteiger partial charge in [-0.25, -0.2) is 0 Å². The highest BCUT2D eigenvalue weighted by Gasteiger charge is 2.38. The molecule has 2 rings (SSSR count). The molecule has 2 aliphatic rings. The van der Waals surface area contributed by atoms with Crippen molar-refractivity contribution in [2.75, 3.05) is 19.6 Å². The van der Waals surface area contributed by atoms with E-state index in [1.54, 1.807) is 8.61 Å². The summed E-state index contributed by atoms with van der Waals surface area (Å²) in [6.07, 6.45) is 4.82. The molecular weight excluding hydrogens is 262 g/mol. The minimum Gasteiger partial charge on any atom is -0.327 e. The van der Waals surface area contributed by atoms with E-state index in [1.807, 2.05) is 6.92 Å². The van der Waals surface area contributed by atoms with E-state index < -0.39 is 10.2 Å². The SMILES string of the molecule is CCC1CN(S(=O)(=O)N2CCCCC2C)CCC1N. The van der Waals surface area contributed by atoms with Crippen molar-refractivity contribution in [2.24, 2.45) is 11.7 Å². The predicted octanol–water partition coefficient (Wildman–Crippen LogP) is 1.16. The Morgan fingerprint density at radius 2 is 1.95 bits per heavy atom. The first kappa shape index (κ1) is 15.2. The van der Waals surface area contributed by atoms with E-state index in [4.69, 9.17) is 5.73 Å². The number of rotatable bonds is 3. The van der Waals surface area contributed by atoms with Gasteiger partial charge in [0.2, 0.25) is 0 Å². The van der Waals surface area contributed by atoms with Crippen molar-refractivity contribution >= 4 is 10.2 Å². The summed E-state index contributed by atoms with van der Waals surface area (Å²) in [6, 6.07) is 0.282. The van der Waals surface area contributed by atoms with Gasteiger partial charge in [0.05, 0.1) is 0 Å². The molecule has 2 saturated heterocycles.